The third-order valence-electron chi connectivity index (χ3n) is 5.40. The summed E-state index contributed by atoms with van der Waals surface area (Å²) in [4.78, 5) is 15.0. The molecule has 0 bridgehead atoms. The molecule has 1 aromatic rings. The highest BCUT2D eigenvalue weighted by Crippen LogP contribution is 2.22. The molecule has 3 aliphatic heterocycles. The molecule has 0 aliphatic carbocycles. The highest BCUT2D eigenvalue weighted by Gasteiger charge is 2.43. The summed E-state index contributed by atoms with van der Waals surface area (Å²) in [6.07, 6.45) is 2.01. The van der Waals surface area contributed by atoms with Crippen molar-refractivity contribution >= 4 is 5.91 Å². The zero-order chi connectivity index (χ0) is 16.4. The quantitative estimate of drug-likeness (QED) is 0.723. The number of ether oxygens (including phenoxy) is 1. The Kier molecular flexibility index (Phi) is 4.80. The summed E-state index contributed by atoms with van der Waals surface area (Å²) in [5.74, 6) is 0.543. The second-order valence-electron chi connectivity index (χ2n) is 7.00. The number of hydrazine groups is 1. The third-order valence-corrected chi connectivity index (χ3v) is 5.40. The minimum atomic E-state index is -0.127. The normalized spacial score (nSPS) is 33.2. The number of nitrogens with one attached hydrogen (secondary N) is 3. The third kappa shape index (κ3) is 3.32. The van der Waals surface area contributed by atoms with Gasteiger partial charge in [0.25, 0.3) is 0 Å². The van der Waals surface area contributed by atoms with Crippen molar-refractivity contribution in [2.45, 2.75) is 31.0 Å². The Labute approximate surface area is 142 Å². The van der Waals surface area contributed by atoms with Crippen LogP contribution in [-0.2, 0) is 16.0 Å². The molecule has 3 N–H and O–H groups in total. The lowest BCUT2D eigenvalue weighted by atomic mass is 9.88. The molecule has 1 amide bonds. The van der Waals surface area contributed by atoms with Crippen LogP contribution in [0.15, 0.2) is 30.3 Å². The molecule has 4 rings (SSSR count). The molecule has 4 unspecified atom stereocenters. The molecule has 24 heavy (non-hydrogen) atoms. The standard InChI is InChI=1S/C18H26N4O2/c23-18(17-15-11-19-7-6-16(15)20-21-17)22-8-9-24-14(12-22)10-13-4-2-1-3-5-13/h1-5,14-17,19-21H,6-12H2. The van der Waals surface area contributed by atoms with E-state index in [1.54, 1.807) is 0 Å². The van der Waals surface area contributed by atoms with Crippen molar-refractivity contribution in [3.8, 4) is 0 Å². The topological polar surface area (TPSA) is 65.6 Å². The van der Waals surface area contributed by atoms with Crippen LogP contribution in [0.3, 0.4) is 0 Å². The van der Waals surface area contributed by atoms with Crippen LogP contribution in [0.5, 0.6) is 0 Å². The Bertz CT molecular complexity index is 567. The van der Waals surface area contributed by atoms with E-state index < -0.39 is 0 Å². The van der Waals surface area contributed by atoms with Gasteiger partial charge >= 0.3 is 0 Å². The van der Waals surface area contributed by atoms with Crippen molar-refractivity contribution in [3.63, 3.8) is 0 Å². The molecular formula is C18H26N4O2. The number of fused-ring (bicyclic) bond motifs is 1. The summed E-state index contributed by atoms with van der Waals surface area (Å²) in [5, 5.41) is 3.41. The van der Waals surface area contributed by atoms with Gasteiger partial charge in [-0.05, 0) is 18.5 Å². The molecule has 0 saturated carbocycles. The fourth-order valence-electron chi connectivity index (χ4n) is 4.08. The van der Waals surface area contributed by atoms with Gasteiger partial charge < -0.3 is 15.0 Å². The van der Waals surface area contributed by atoms with Gasteiger partial charge in [0.15, 0.2) is 0 Å². The lowest BCUT2D eigenvalue weighted by Gasteiger charge is -2.36. The molecule has 130 valence electrons. The number of carbonyl (C=O) groups excluding carboxylic acids is 1. The van der Waals surface area contributed by atoms with E-state index in [2.05, 4.69) is 28.3 Å². The molecule has 3 fully saturated rings. The van der Waals surface area contributed by atoms with E-state index in [1.165, 1.54) is 5.56 Å². The van der Waals surface area contributed by atoms with E-state index in [9.17, 15) is 4.79 Å². The lowest BCUT2D eigenvalue weighted by molar-refractivity contribution is -0.141. The first-order valence-corrected chi connectivity index (χ1v) is 8.97. The Balaban J connectivity index is 1.38. The molecule has 6 nitrogen and oxygen atoms in total. The summed E-state index contributed by atoms with van der Waals surface area (Å²) in [5.41, 5.74) is 7.81. The van der Waals surface area contributed by atoms with Crippen molar-refractivity contribution < 1.29 is 9.53 Å². The van der Waals surface area contributed by atoms with Crippen LogP contribution < -0.4 is 16.2 Å². The van der Waals surface area contributed by atoms with E-state index in [1.807, 2.05) is 23.1 Å². The summed E-state index contributed by atoms with van der Waals surface area (Å²) in [6.45, 7) is 3.91. The van der Waals surface area contributed by atoms with Crippen LogP contribution in [0, 0.1) is 5.92 Å². The largest absolute Gasteiger partial charge is 0.374 e. The summed E-state index contributed by atoms with van der Waals surface area (Å²) in [6, 6.07) is 10.6. The molecular weight excluding hydrogens is 304 g/mol. The fraction of sp³-hybridized carbons (Fsp3) is 0.611. The van der Waals surface area contributed by atoms with E-state index in [-0.39, 0.29) is 18.1 Å². The highest BCUT2D eigenvalue weighted by atomic mass is 16.5. The van der Waals surface area contributed by atoms with Crippen LogP contribution in [0.2, 0.25) is 0 Å². The van der Waals surface area contributed by atoms with E-state index in [0.717, 1.165) is 25.9 Å². The second-order valence-corrected chi connectivity index (χ2v) is 7.00. The minimum Gasteiger partial charge on any atom is -0.374 e. The Morgan fingerprint density at radius 1 is 1.25 bits per heavy atom. The molecule has 6 heteroatoms. The summed E-state index contributed by atoms with van der Waals surface area (Å²) < 4.78 is 5.89. The van der Waals surface area contributed by atoms with Gasteiger partial charge in [-0.3, -0.25) is 10.2 Å². The first-order chi connectivity index (χ1) is 11.8. The first-order valence-electron chi connectivity index (χ1n) is 8.97. The van der Waals surface area contributed by atoms with Gasteiger partial charge in [0, 0.05) is 38.0 Å². The molecule has 0 radical (unpaired) electrons. The number of hydrogen-bond donors (Lipinski definition) is 3. The van der Waals surface area contributed by atoms with Crippen molar-refractivity contribution in [3.05, 3.63) is 35.9 Å². The molecule has 3 heterocycles. The number of carbonyl (C=O) groups is 1. The summed E-state index contributed by atoms with van der Waals surface area (Å²) in [7, 11) is 0. The van der Waals surface area contributed by atoms with Crippen LogP contribution in [0.1, 0.15) is 12.0 Å². The van der Waals surface area contributed by atoms with Crippen molar-refractivity contribution in [2.75, 3.05) is 32.8 Å². The SMILES string of the molecule is O=C(C1NNC2CCNCC21)N1CCOC(Cc2ccccc2)C1. The van der Waals surface area contributed by atoms with Gasteiger partial charge in [-0.2, -0.15) is 0 Å². The van der Waals surface area contributed by atoms with Gasteiger partial charge in [0.05, 0.1) is 12.7 Å². The van der Waals surface area contributed by atoms with Crippen molar-refractivity contribution in [1.82, 2.24) is 21.1 Å². The van der Waals surface area contributed by atoms with Gasteiger partial charge in [0.1, 0.15) is 6.04 Å². The van der Waals surface area contributed by atoms with Gasteiger partial charge in [-0.25, -0.2) is 5.43 Å². The smallest absolute Gasteiger partial charge is 0.241 e. The molecule has 0 aromatic heterocycles. The summed E-state index contributed by atoms with van der Waals surface area (Å²) >= 11 is 0. The zero-order valence-corrected chi connectivity index (χ0v) is 13.9. The van der Waals surface area contributed by atoms with Crippen LogP contribution >= 0.6 is 0 Å². The Morgan fingerprint density at radius 2 is 2.12 bits per heavy atom. The van der Waals surface area contributed by atoms with Crippen LogP contribution in [-0.4, -0.2) is 61.8 Å². The number of morpholine rings is 1. The Morgan fingerprint density at radius 3 is 3.00 bits per heavy atom. The molecule has 3 aliphatic rings. The zero-order valence-electron chi connectivity index (χ0n) is 13.9. The Hall–Kier alpha value is -1.47. The number of piperidine rings is 1. The van der Waals surface area contributed by atoms with E-state index in [0.29, 0.717) is 31.7 Å². The van der Waals surface area contributed by atoms with Crippen molar-refractivity contribution in [1.29, 1.82) is 0 Å². The monoisotopic (exact) mass is 330 g/mol. The average molecular weight is 330 g/mol. The molecule has 3 saturated heterocycles. The second kappa shape index (κ2) is 7.19. The average Bonchev–Trinajstić information content (AvgIpc) is 3.06. The maximum absolute atomic E-state index is 13.0. The highest BCUT2D eigenvalue weighted by molar-refractivity contribution is 5.83. The predicted molar refractivity (Wildman–Crippen MR) is 91.3 cm³/mol. The van der Waals surface area contributed by atoms with Crippen LogP contribution in [0.4, 0.5) is 0 Å². The fourth-order valence-corrected chi connectivity index (χ4v) is 4.08. The van der Waals surface area contributed by atoms with Gasteiger partial charge in [-0.1, -0.05) is 30.3 Å². The van der Waals surface area contributed by atoms with E-state index in [4.69, 9.17) is 4.74 Å². The number of nitrogens with zero attached hydrogens (tertiary/aromatic N) is 1. The minimum absolute atomic E-state index is 0.0831. The van der Waals surface area contributed by atoms with E-state index >= 15 is 0 Å². The van der Waals surface area contributed by atoms with Gasteiger partial charge in [0.2, 0.25) is 5.91 Å². The predicted octanol–water partition coefficient (Wildman–Crippen LogP) is -0.0890. The number of benzene rings is 1. The number of amides is 1. The lowest BCUT2D eigenvalue weighted by Crippen LogP contribution is -2.55. The molecule has 4 atom stereocenters. The molecule has 1 aromatic carbocycles. The van der Waals surface area contributed by atoms with Crippen molar-refractivity contribution in [2.24, 2.45) is 5.92 Å². The number of rotatable bonds is 3. The maximum Gasteiger partial charge on any atom is 0.241 e. The molecule has 0 spiro atoms. The number of hydrogen-bond acceptors (Lipinski definition) is 5. The first kappa shape index (κ1) is 16.0. The van der Waals surface area contributed by atoms with Crippen LogP contribution in [0.25, 0.3) is 0 Å². The maximum atomic E-state index is 13.0. The van der Waals surface area contributed by atoms with Gasteiger partial charge in [-0.15, -0.1) is 0 Å².